The molecule has 0 aliphatic carbocycles. The summed E-state index contributed by atoms with van der Waals surface area (Å²) < 4.78 is 4.53. The summed E-state index contributed by atoms with van der Waals surface area (Å²) in [5.74, 6) is -0.819. The SMILES string of the molecule is CC=C1C(=O)OC(=O)C1CC(C)C. The molecule has 13 heavy (non-hydrogen) atoms. The molecule has 3 heteroatoms. The molecule has 0 bridgehead atoms. The highest BCUT2D eigenvalue weighted by Crippen LogP contribution is 2.28. The van der Waals surface area contributed by atoms with E-state index in [2.05, 4.69) is 4.74 Å². The van der Waals surface area contributed by atoms with Gasteiger partial charge in [0, 0.05) is 5.57 Å². The van der Waals surface area contributed by atoms with Crippen LogP contribution in [0.5, 0.6) is 0 Å². The van der Waals surface area contributed by atoms with Gasteiger partial charge >= 0.3 is 11.9 Å². The second kappa shape index (κ2) is 3.73. The summed E-state index contributed by atoms with van der Waals surface area (Å²) in [4.78, 5) is 22.3. The Balaban J connectivity index is 2.82. The Bertz CT molecular complexity index is 263. The first kappa shape index (κ1) is 9.96. The number of hydrogen-bond acceptors (Lipinski definition) is 3. The first-order chi connectivity index (χ1) is 6.06. The standard InChI is InChI=1S/C10H14O3/c1-4-7-8(5-6(2)3)10(12)13-9(7)11/h4,6,8H,5H2,1-3H3. The van der Waals surface area contributed by atoms with Crippen LogP contribution in [0.4, 0.5) is 0 Å². The van der Waals surface area contributed by atoms with E-state index in [1.54, 1.807) is 13.0 Å². The second-order valence-corrected chi connectivity index (χ2v) is 3.63. The molecule has 1 atom stereocenters. The fraction of sp³-hybridized carbons (Fsp3) is 0.600. The van der Waals surface area contributed by atoms with Gasteiger partial charge < -0.3 is 4.74 Å². The summed E-state index contributed by atoms with van der Waals surface area (Å²) in [7, 11) is 0. The minimum absolute atomic E-state index is 0.336. The molecular weight excluding hydrogens is 168 g/mol. The molecule has 0 aromatic heterocycles. The number of esters is 2. The molecule has 3 nitrogen and oxygen atoms in total. The zero-order valence-corrected chi connectivity index (χ0v) is 8.16. The fourth-order valence-electron chi connectivity index (χ4n) is 1.50. The Kier molecular flexibility index (Phi) is 2.86. The molecule has 1 rings (SSSR count). The molecule has 1 heterocycles. The van der Waals surface area contributed by atoms with Crippen LogP contribution in [0.25, 0.3) is 0 Å². The minimum atomic E-state index is -0.474. The van der Waals surface area contributed by atoms with E-state index in [1.165, 1.54) is 0 Å². The lowest BCUT2D eigenvalue weighted by Gasteiger charge is -2.08. The molecule has 0 aromatic rings. The van der Waals surface area contributed by atoms with E-state index in [4.69, 9.17) is 0 Å². The number of cyclic esters (lactones) is 2. The Morgan fingerprint density at radius 1 is 1.46 bits per heavy atom. The second-order valence-electron chi connectivity index (χ2n) is 3.63. The third-order valence-corrected chi connectivity index (χ3v) is 2.11. The van der Waals surface area contributed by atoms with E-state index in [-0.39, 0.29) is 5.92 Å². The van der Waals surface area contributed by atoms with Crippen LogP contribution in [-0.4, -0.2) is 11.9 Å². The fourth-order valence-corrected chi connectivity index (χ4v) is 1.50. The number of allylic oxidation sites excluding steroid dienone is 1. The monoisotopic (exact) mass is 182 g/mol. The van der Waals surface area contributed by atoms with E-state index in [0.29, 0.717) is 17.9 Å². The lowest BCUT2D eigenvalue weighted by atomic mass is 9.92. The maximum atomic E-state index is 11.2. The van der Waals surface area contributed by atoms with Crippen molar-refractivity contribution >= 4 is 11.9 Å². The van der Waals surface area contributed by atoms with Gasteiger partial charge in [0.25, 0.3) is 0 Å². The molecular formula is C10H14O3. The summed E-state index contributed by atoms with van der Waals surface area (Å²) in [6.07, 6.45) is 2.35. The zero-order chi connectivity index (χ0) is 10.0. The van der Waals surface area contributed by atoms with Crippen molar-refractivity contribution in [2.45, 2.75) is 27.2 Å². The summed E-state index contributed by atoms with van der Waals surface area (Å²) in [6.45, 7) is 5.79. The molecule has 1 aliphatic rings. The van der Waals surface area contributed by atoms with Gasteiger partial charge in [-0.3, -0.25) is 4.79 Å². The molecule has 0 saturated carbocycles. The number of carbonyl (C=O) groups excluding carboxylic acids is 2. The molecule has 1 unspecified atom stereocenters. The van der Waals surface area contributed by atoms with Crippen molar-refractivity contribution in [3.8, 4) is 0 Å². The van der Waals surface area contributed by atoms with Crippen molar-refractivity contribution in [3.05, 3.63) is 11.6 Å². The number of hydrogen-bond donors (Lipinski definition) is 0. The van der Waals surface area contributed by atoms with Gasteiger partial charge in [-0.1, -0.05) is 19.9 Å². The first-order valence-electron chi connectivity index (χ1n) is 4.48. The Morgan fingerprint density at radius 3 is 2.54 bits per heavy atom. The van der Waals surface area contributed by atoms with Crippen LogP contribution in [0.15, 0.2) is 11.6 Å². The third kappa shape index (κ3) is 1.97. The number of rotatable bonds is 2. The topological polar surface area (TPSA) is 43.4 Å². The summed E-state index contributed by atoms with van der Waals surface area (Å²) >= 11 is 0. The number of carbonyl (C=O) groups is 2. The number of ether oxygens (including phenoxy) is 1. The predicted octanol–water partition coefficient (Wildman–Crippen LogP) is 1.68. The van der Waals surface area contributed by atoms with Gasteiger partial charge in [-0.15, -0.1) is 0 Å². The van der Waals surface area contributed by atoms with Crippen molar-refractivity contribution in [1.29, 1.82) is 0 Å². The van der Waals surface area contributed by atoms with E-state index in [0.717, 1.165) is 0 Å². The Hall–Kier alpha value is -1.12. The van der Waals surface area contributed by atoms with Crippen LogP contribution in [0.3, 0.4) is 0 Å². The van der Waals surface area contributed by atoms with E-state index in [1.807, 2.05) is 13.8 Å². The minimum Gasteiger partial charge on any atom is -0.389 e. The molecule has 0 spiro atoms. The molecule has 0 amide bonds. The van der Waals surface area contributed by atoms with Crippen molar-refractivity contribution < 1.29 is 14.3 Å². The average Bonchev–Trinajstić information content (AvgIpc) is 2.26. The first-order valence-corrected chi connectivity index (χ1v) is 4.48. The highest BCUT2D eigenvalue weighted by molar-refractivity contribution is 6.07. The molecule has 0 radical (unpaired) electrons. The summed E-state index contributed by atoms with van der Waals surface area (Å²) in [5.41, 5.74) is 0.513. The van der Waals surface area contributed by atoms with Gasteiger partial charge in [0.1, 0.15) is 0 Å². The van der Waals surface area contributed by atoms with Crippen LogP contribution in [0.2, 0.25) is 0 Å². The highest BCUT2D eigenvalue weighted by atomic mass is 16.6. The highest BCUT2D eigenvalue weighted by Gasteiger charge is 2.38. The zero-order valence-electron chi connectivity index (χ0n) is 8.16. The molecule has 1 saturated heterocycles. The summed E-state index contributed by atoms with van der Waals surface area (Å²) in [5, 5.41) is 0. The van der Waals surface area contributed by atoms with Crippen LogP contribution >= 0.6 is 0 Å². The molecule has 72 valence electrons. The van der Waals surface area contributed by atoms with Crippen LogP contribution in [-0.2, 0) is 14.3 Å². The van der Waals surface area contributed by atoms with Crippen molar-refractivity contribution in [2.75, 3.05) is 0 Å². The normalized spacial score (nSPS) is 25.8. The smallest absolute Gasteiger partial charge is 0.342 e. The lowest BCUT2D eigenvalue weighted by molar-refractivity contribution is -0.152. The Morgan fingerprint density at radius 2 is 2.08 bits per heavy atom. The van der Waals surface area contributed by atoms with E-state index in [9.17, 15) is 9.59 Å². The van der Waals surface area contributed by atoms with Gasteiger partial charge in [0.15, 0.2) is 0 Å². The lowest BCUT2D eigenvalue weighted by Crippen LogP contribution is -2.11. The molecule has 0 aromatic carbocycles. The van der Waals surface area contributed by atoms with Gasteiger partial charge in [-0.2, -0.15) is 0 Å². The average molecular weight is 182 g/mol. The predicted molar refractivity (Wildman–Crippen MR) is 47.8 cm³/mol. The quantitative estimate of drug-likeness (QED) is 0.370. The van der Waals surface area contributed by atoms with Crippen LogP contribution in [0.1, 0.15) is 27.2 Å². The largest absolute Gasteiger partial charge is 0.389 e. The van der Waals surface area contributed by atoms with Gasteiger partial charge in [0.05, 0.1) is 5.92 Å². The van der Waals surface area contributed by atoms with E-state index >= 15 is 0 Å². The van der Waals surface area contributed by atoms with Gasteiger partial charge in [-0.05, 0) is 19.3 Å². The molecule has 1 aliphatic heterocycles. The van der Waals surface area contributed by atoms with Crippen molar-refractivity contribution in [1.82, 2.24) is 0 Å². The Labute approximate surface area is 77.8 Å². The van der Waals surface area contributed by atoms with Gasteiger partial charge in [0.2, 0.25) is 0 Å². The van der Waals surface area contributed by atoms with Crippen molar-refractivity contribution in [3.63, 3.8) is 0 Å². The molecule has 0 N–H and O–H groups in total. The van der Waals surface area contributed by atoms with Crippen LogP contribution in [0, 0.1) is 11.8 Å². The molecule has 1 fully saturated rings. The maximum absolute atomic E-state index is 11.2. The van der Waals surface area contributed by atoms with Crippen molar-refractivity contribution in [2.24, 2.45) is 11.8 Å². The van der Waals surface area contributed by atoms with Gasteiger partial charge in [-0.25, -0.2) is 4.79 Å². The third-order valence-electron chi connectivity index (χ3n) is 2.11. The van der Waals surface area contributed by atoms with Crippen LogP contribution < -0.4 is 0 Å². The van der Waals surface area contributed by atoms with E-state index < -0.39 is 11.9 Å². The summed E-state index contributed by atoms with van der Waals surface area (Å²) in [6, 6.07) is 0. The maximum Gasteiger partial charge on any atom is 0.342 e.